The highest BCUT2D eigenvalue weighted by atomic mass is 19.4. The first kappa shape index (κ1) is 14.1. The summed E-state index contributed by atoms with van der Waals surface area (Å²) in [5.41, 5.74) is -4.61. The summed E-state index contributed by atoms with van der Waals surface area (Å²) in [7, 11) is 0.696. The molecule has 0 N–H and O–H groups in total. The van der Waals surface area contributed by atoms with Gasteiger partial charge in [0.2, 0.25) is 0 Å². The number of hydrogen-bond donors (Lipinski definition) is 0. The number of aromatic nitrogens is 1. The normalized spacial score (nSPS) is 11.7. The number of nitrogens with zero attached hydrogens (tertiary/aromatic N) is 2. The summed E-state index contributed by atoms with van der Waals surface area (Å²) in [5.74, 6) is -1.34. The van der Waals surface area contributed by atoms with Crippen LogP contribution in [-0.4, -0.2) is 17.0 Å². The van der Waals surface area contributed by atoms with E-state index in [1.807, 2.05) is 0 Å². The second kappa shape index (κ2) is 4.70. The van der Waals surface area contributed by atoms with Gasteiger partial charge in [-0.2, -0.15) is 13.2 Å². The van der Waals surface area contributed by atoms with Gasteiger partial charge in [-0.1, -0.05) is 0 Å². The average molecular weight is 272 g/mol. The molecule has 5 nitrogen and oxygen atoms in total. The molecule has 0 bridgehead atoms. The van der Waals surface area contributed by atoms with Gasteiger partial charge in [0, 0.05) is 0 Å². The van der Waals surface area contributed by atoms with Crippen LogP contribution in [0.3, 0.4) is 0 Å². The van der Waals surface area contributed by atoms with Crippen molar-refractivity contribution >= 4 is 5.69 Å². The zero-order chi connectivity index (χ0) is 14.1. The van der Waals surface area contributed by atoms with Crippen LogP contribution in [0.2, 0.25) is 0 Å². The van der Waals surface area contributed by atoms with E-state index < -0.39 is 40.2 Å². The highest BCUT2D eigenvalue weighted by molar-refractivity contribution is 5.52. The standard InChI is InChI=1S/C8H5F5N2O3/c1-18-6-4(8(11,12)13)3(15(16)17)2-14-5(6)7(9)10/h2,7H,1H3. The van der Waals surface area contributed by atoms with Gasteiger partial charge >= 0.3 is 11.9 Å². The Hall–Kier alpha value is -2.00. The Morgan fingerprint density at radius 3 is 2.33 bits per heavy atom. The molecule has 0 fully saturated rings. The Bertz CT molecular complexity index is 475. The molecule has 1 aromatic rings. The van der Waals surface area contributed by atoms with Gasteiger partial charge in [0.05, 0.1) is 12.0 Å². The minimum Gasteiger partial charge on any atom is -0.494 e. The van der Waals surface area contributed by atoms with E-state index in [4.69, 9.17) is 0 Å². The molecule has 1 heterocycles. The zero-order valence-electron chi connectivity index (χ0n) is 8.66. The summed E-state index contributed by atoms with van der Waals surface area (Å²) < 4.78 is 67.0. The molecule has 10 heteroatoms. The number of halogens is 5. The second-order valence-electron chi connectivity index (χ2n) is 2.99. The molecule has 0 unspecified atom stereocenters. The van der Waals surface area contributed by atoms with Gasteiger partial charge in [0.15, 0.2) is 11.3 Å². The van der Waals surface area contributed by atoms with Crippen molar-refractivity contribution in [3.63, 3.8) is 0 Å². The van der Waals surface area contributed by atoms with Crippen molar-refractivity contribution in [1.82, 2.24) is 4.98 Å². The van der Waals surface area contributed by atoms with E-state index in [2.05, 4.69) is 9.72 Å². The van der Waals surface area contributed by atoms with Crippen LogP contribution in [0.25, 0.3) is 0 Å². The molecule has 0 saturated heterocycles. The summed E-state index contributed by atoms with van der Waals surface area (Å²) in [6, 6.07) is 0. The molecule has 18 heavy (non-hydrogen) atoms. The Morgan fingerprint density at radius 2 is 2.00 bits per heavy atom. The van der Waals surface area contributed by atoms with Crippen LogP contribution in [0.15, 0.2) is 6.20 Å². The van der Waals surface area contributed by atoms with Crippen molar-refractivity contribution in [3.8, 4) is 5.75 Å². The predicted molar refractivity (Wildman–Crippen MR) is 47.4 cm³/mol. The number of pyridine rings is 1. The van der Waals surface area contributed by atoms with Crippen molar-refractivity contribution in [2.75, 3.05) is 7.11 Å². The minimum atomic E-state index is -5.21. The monoisotopic (exact) mass is 272 g/mol. The lowest BCUT2D eigenvalue weighted by Crippen LogP contribution is -2.14. The minimum absolute atomic E-state index is 0.132. The van der Waals surface area contributed by atoms with Crippen molar-refractivity contribution < 1.29 is 31.6 Å². The van der Waals surface area contributed by atoms with Crippen molar-refractivity contribution in [1.29, 1.82) is 0 Å². The van der Waals surface area contributed by atoms with Crippen molar-refractivity contribution in [2.24, 2.45) is 0 Å². The van der Waals surface area contributed by atoms with Crippen LogP contribution in [-0.2, 0) is 6.18 Å². The van der Waals surface area contributed by atoms with Crippen molar-refractivity contribution in [3.05, 3.63) is 27.6 Å². The first-order valence-electron chi connectivity index (χ1n) is 4.26. The van der Waals surface area contributed by atoms with Crippen LogP contribution in [0.1, 0.15) is 17.7 Å². The number of ether oxygens (including phenoxy) is 1. The molecule has 1 aromatic heterocycles. The molecule has 1 rings (SSSR count). The quantitative estimate of drug-likeness (QED) is 0.482. The third-order valence-corrected chi connectivity index (χ3v) is 1.93. The number of methoxy groups -OCH3 is 1. The number of rotatable bonds is 3. The maximum atomic E-state index is 12.6. The van der Waals surface area contributed by atoms with Gasteiger partial charge in [-0.05, 0) is 0 Å². The molecule has 0 aliphatic carbocycles. The summed E-state index contributed by atoms with van der Waals surface area (Å²) in [6.45, 7) is 0. The molecular formula is C8H5F5N2O3. The van der Waals surface area contributed by atoms with Gasteiger partial charge in [-0.3, -0.25) is 10.1 Å². The van der Waals surface area contributed by atoms with E-state index >= 15 is 0 Å². The third-order valence-electron chi connectivity index (χ3n) is 1.93. The fraction of sp³-hybridized carbons (Fsp3) is 0.375. The van der Waals surface area contributed by atoms with Crippen LogP contribution in [0.4, 0.5) is 27.6 Å². The highest BCUT2D eigenvalue weighted by Gasteiger charge is 2.44. The number of alkyl halides is 5. The third kappa shape index (κ3) is 2.46. The van der Waals surface area contributed by atoms with Gasteiger partial charge in [0.25, 0.3) is 6.43 Å². The van der Waals surface area contributed by atoms with E-state index in [1.54, 1.807) is 0 Å². The van der Waals surface area contributed by atoms with Gasteiger partial charge in [-0.15, -0.1) is 0 Å². The maximum absolute atomic E-state index is 12.6. The number of hydrogen-bond acceptors (Lipinski definition) is 4. The summed E-state index contributed by atoms with van der Waals surface area (Å²) in [6.07, 6.45) is -8.42. The maximum Gasteiger partial charge on any atom is 0.426 e. The van der Waals surface area contributed by atoms with E-state index in [1.165, 1.54) is 0 Å². The van der Waals surface area contributed by atoms with E-state index in [-0.39, 0.29) is 6.20 Å². The first-order valence-corrected chi connectivity index (χ1v) is 4.26. The Labute approximate surface area is 96.3 Å². The Morgan fingerprint density at radius 1 is 1.44 bits per heavy atom. The molecule has 0 atom stereocenters. The van der Waals surface area contributed by atoms with Crippen LogP contribution < -0.4 is 4.74 Å². The lowest BCUT2D eigenvalue weighted by atomic mass is 10.1. The Balaban J connectivity index is 3.67. The second-order valence-corrected chi connectivity index (χ2v) is 2.99. The van der Waals surface area contributed by atoms with Gasteiger partial charge < -0.3 is 4.74 Å². The lowest BCUT2D eigenvalue weighted by Gasteiger charge is -2.14. The molecule has 100 valence electrons. The molecule has 0 saturated carbocycles. The fourth-order valence-corrected chi connectivity index (χ4v) is 1.27. The SMILES string of the molecule is COc1c(C(F)F)ncc([N+](=O)[O-])c1C(F)(F)F. The highest BCUT2D eigenvalue weighted by Crippen LogP contribution is 2.44. The molecule has 0 amide bonds. The first-order chi connectivity index (χ1) is 8.20. The smallest absolute Gasteiger partial charge is 0.426 e. The molecule has 0 radical (unpaired) electrons. The Kier molecular flexibility index (Phi) is 3.67. The van der Waals surface area contributed by atoms with Crippen molar-refractivity contribution in [2.45, 2.75) is 12.6 Å². The largest absolute Gasteiger partial charge is 0.494 e. The van der Waals surface area contributed by atoms with E-state index in [0.29, 0.717) is 7.11 Å². The van der Waals surface area contributed by atoms with Crippen LogP contribution in [0, 0.1) is 10.1 Å². The molecule has 0 aliphatic rings. The molecule has 0 aromatic carbocycles. The summed E-state index contributed by atoms with van der Waals surface area (Å²) in [5, 5.41) is 10.4. The molecule has 0 aliphatic heterocycles. The summed E-state index contributed by atoms with van der Waals surface area (Å²) in [4.78, 5) is 12.0. The molecular weight excluding hydrogens is 267 g/mol. The predicted octanol–water partition coefficient (Wildman–Crippen LogP) is 2.95. The van der Waals surface area contributed by atoms with Crippen LogP contribution in [0.5, 0.6) is 5.75 Å². The fourth-order valence-electron chi connectivity index (χ4n) is 1.27. The lowest BCUT2D eigenvalue weighted by molar-refractivity contribution is -0.388. The van der Waals surface area contributed by atoms with E-state index in [0.717, 1.165) is 0 Å². The molecule has 0 spiro atoms. The average Bonchev–Trinajstić information content (AvgIpc) is 2.25. The van der Waals surface area contributed by atoms with Crippen LogP contribution >= 0.6 is 0 Å². The topological polar surface area (TPSA) is 65.3 Å². The van der Waals surface area contributed by atoms with E-state index in [9.17, 15) is 32.1 Å². The summed E-state index contributed by atoms with van der Waals surface area (Å²) >= 11 is 0. The van der Waals surface area contributed by atoms with Gasteiger partial charge in [-0.25, -0.2) is 13.8 Å². The van der Waals surface area contributed by atoms with Gasteiger partial charge in [0.1, 0.15) is 11.9 Å². The zero-order valence-corrected chi connectivity index (χ0v) is 8.66. The number of nitro groups is 1.